The third-order valence-corrected chi connectivity index (χ3v) is 6.65. The van der Waals surface area contributed by atoms with Crippen molar-refractivity contribution in [3.8, 4) is 5.75 Å². The van der Waals surface area contributed by atoms with E-state index in [1.54, 1.807) is 11.8 Å². The van der Waals surface area contributed by atoms with E-state index in [-0.39, 0.29) is 23.3 Å². The zero-order valence-corrected chi connectivity index (χ0v) is 19.7. The van der Waals surface area contributed by atoms with Crippen LogP contribution in [-0.4, -0.2) is 35.1 Å². The van der Waals surface area contributed by atoms with Crippen LogP contribution in [0.1, 0.15) is 40.7 Å². The van der Waals surface area contributed by atoms with Gasteiger partial charge in [-0.05, 0) is 67.8 Å². The lowest BCUT2D eigenvalue weighted by Gasteiger charge is -2.24. The van der Waals surface area contributed by atoms with E-state index < -0.39 is 0 Å². The highest BCUT2D eigenvalue weighted by molar-refractivity contribution is 8.00. The first-order valence-electron chi connectivity index (χ1n) is 11.1. The Labute approximate surface area is 199 Å². The van der Waals surface area contributed by atoms with Gasteiger partial charge in [0.25, 0.3) is 5.91 Å². The van der Waals surface area contributed by atoms with Gasteiger partial charge in [-0.2, -0.15) is 0 Å². The van der Waals surface area contributed by atoms with Crippen molar-refractivity contribution in [3.63, 3.8) is 0 Å². The predicted molar refractivity (Wildman–Crippen MR) is 134 cm³/mol. The summed E-state index contributed by atoms with van der Waals surface area (Å²) in [5, 5.41) is 2.90. The number of anilines is 1. The number of rotatable bonds is 8. The molecule has 1 saturated heterocycles. The summed E-state index contributed by atoms with van der Waals surface area (Å²) in [7, 11) is 0. The molecule has 1 aliphatic heterocycles. The minimum absolute atomic E-state index is 0.0215. The van der Waals surface area contributed by atoms with E-state index >= 15 is 0 Å². The second kappa shape index (κ2) is 10.6. The fourth-order valence-electron chi connectivity index (χ4n) is 3.76. The molecule has 1 aliphatic rings. The average Bonchev–Trinajstić information content (AvgIpc) is 3.19. The molecule has 0 aromatic heterocycles. The minimum atomic E-state index is -0.171. The summed E-state index contributed by atoms with van der Waals surface area (Å²) in [6.45, 7) is 4.63. The Kier molecular flexibility index (Phi) is 7.35. The highest BCUT2D eigenvalue weighted by atomic mass is 32.2. The third-order valence-electron chi connectivity index (χ3n) is 5.39. The van der Waals surface area contributed by atoms with Crippen molar-refractivity contribution >= 4 is 29.3 Å². The number of nitrogens with zero attached hydrogens (tertiary/aromatic N) is 1. The fraction of sp³-hybridized carbons (Fsp3) is 0.259. The van der Waals surface area contributed by atoms with Gasteiger partial charge in [0.05, 0.1) is 11.9 Å². The van der Waals surface area contributed by atoms with E-state index in [1.807, 2.05) is 85.5 Å². The van der Waals surface area contributed by atoms with Crippen LogP contribution in [0.4, 0.5) is 5.69 Å². The van der Waals surface area contributed by atoms with Gasteiger partial charge in [-0.3, -0.25) is 9.59 Å². The summed E-state index contributed by atoms with van der Waals surface area (Å²) < 4.78 is 5.64. The van der Waals surface area contributed by atoms with Gasteiger partial charge in [-0.25, -0.2) is 0 Å². The van der Waals surface area contributed by atoms with Crippen LogP contribution in [0.5, 0.6) is 5.75 Å². The Morgan fingerprint density at radius 3 is 2.39 bits per heavy atom. The molecule has 0 aliphatic carbocycles. The Morgan fingerprint density at radius 2 is 1.73 bits per heavy atom. The van der Waals surface area contributed by atoms with Crippen molar-refractivity contribution in [1.82, 2.24) is 4.90 Å². The molecule has 6 heteroatoms. The number of carbonyl (C=O) groups excluding carboxylic acids is 2. The predicted octanol–water partition coefficient (Wildman–Crippen LogP) is 5.54. The highest BCUT2D eigenvalue weighted by Crippen LogP contribution is 2.38. The molecule has 0 bridgehead atoms. The molecule has 0 radical (unpaired) electrons. The van der Waals surface area contributed by atoms with E-state index in [0.29, 0.717) is 23.5 Å². The molecule has 1 N–H and O–H groups in total. The van der Waals surface area contributed by atoms with E-state index in [9.17, 15) is 9.59 Å². The molecule has 2 amide bonds. The zero-order valence-electron chi connectivity index (χ0n) is 18.9. The number of ether oxygens (including phenoxy) is 1. The van der Waals surface area contributed by atoms with E-state index in [4.69, 9.17) is 4.74 Å². The maximum atomic E-state index is 12.7. The first-order chi connectivity index (χ1) is 16.0. The smallest absolute Gasteiger partial charge is 0.255 e. The molecule has 1 fully saturated rings. The second-order valence-corrected chi connectivity index (χ2v) is 9.32. The molecule has 0 saturated carbocycles. The van der Waals surface area contributed by atoms with Gasteiger partial charge < -0.3 is 15.0 Å². The largest absolute Gasteiger partial charge is 0.491 e. The van der Waals surface area contributed by atoms with Gasteiger partial charge >= 0.3 is 0 Å². The van der Waals surface area contributed by atoms with Gasteiger partial charge in [0.1, 0.15) is 11.1 Å². The maximum absolute atomic E-state index is 12.7. The second-order valence-electron chi connectivity index (χ2n) is 8.25. The minimum Gasteiger partial charge on any atom is -0.491 e. The molecule has 4 rings (SSSR count). The summed E-state index contributed by atoms with van der Waals surface area (Å²) in [6, 6.07) is 25.1. The topological polar surface area (TPSA) is 58.6 Å². The standard InChI is InChI=1S/C27H28N2O3S/c1-19(2)32-24-14-12-23(13-15-24)28-26(31)21-8-10-22(11-9-21)27-29(25(30)18-33-27)17-16-20-6-4-3-5-7-20/h3-15,19,27H,16-18H2,1-2H3,(H,28,31)/t27-/m0/s1. The molecule has 33 heavy (non-hydrogen) atoms. The van der Waals surface area contributed by atoms with Crippen LogP contribution in [0.25, 0.3) is 0 Å². The number of benzene rings is 3. The molecule has 3 aromatic rings. The zero-order chi connectivity index (χ0) is 23.2. The summed E-state index contributed by atoms with van der Waals surface area (Å²) in [4.78, 5) is 27.1. The Bertz CT molecular complexity index is 1080. The SMILES string of the molecule is CC(C)Oc1ccc(NC(=O)c2ccc([C@@H]3SCC(=O)N3CCc3ccccc3)cc2)cc1. The van der Waals surface area contributed by atoms with E-state index in [0.717, 1.165) is 17.7 Å². The quantitative estimate of drug-likeness (QED) is 0.479. The lowest BCUT2D eigenvalue weighted by Crippen LogP contribution is -2.30. The van der Waals surface area contributed by atoms with E-state index in [1.165, 1.54) is 5.56 Å². The molecule has 0 unspecified atom stereocenters. The van der Waals surface area contributed by atoms with Crippen LogP contribution in [0.15, 0.2) is 78.9 Å². The van der Waals surface area contributed by atoms with Crippen molar-refractivity contribution < 1.29 is 14.3 Å². The lowest BCUT2D eigenvalue weighted by atomic mass is 10.1. The number of nitrogens with one attached hydrogen (secondary N) is 1. The Hall–Kier alpha value is -3.25. The first kappa shape index (κ1) is 22.9. The third kappa shape index (κ3) is 5.96. The summed E-state index contributed by atoms with van der Waals surface area (Å²) >= 11 is 1.63. The van der Waals surface area contributed by atoms with Gasteiger partial charge in [-0.1, -0.05) is 42.5 Å². The molecule has 1 atom stereocenters. The Balaban J connectivity index is 1.38. The highest BCUT2D eigenvalue weighted by Gasteiger charge is 2.32. The molecular formula is C27H28N2O3S. The van der Waals surface area contributed by atoms with Crippen molar-refractivity contribution in [2.24, 2.45) is 0 Å². The van der Waals surface area contributed by atoms with Gasteiger partial charge in [-0.15, -0.1) is 11.8 Å². The molecule has 170 valence electrons. The average molecular weight is 461 g/mol. The van der Waals surface area contributed by atoms with Crippen molar-refractivity contribution in [1.29, 1.82) is 0 Å². The number of hydrogen-bond donors (Lipinski definition) is 1. The van der Waals surface area contributed by atoms with Crippen LogP contribution in [-0.2, 0) is 11.2 Å². The summed E-state index contributed by atoms with van der Waals surface area (Å²) in [5.41, 5.74) is 3.54. The van der Waals surface area contributed by atoms with Crippen molar-refractivity contribution in [3.05, 3.63) is 95.6 Å². The number of hydrogen-bond acceptors (Lipinski definition) is 4. The monoisotopic (exact) mass is 460 g/mol. The number of carbonyl (C=O) groups is 2. The van der Waals surface area contributed by atoms with Gasteiger partial charge in [0.2, 0.25) is 5.91 Å². The Morgan fingerprint density at radius 1 is 1.03 bits per heavy atom. The van der Waals surface area contributed by atoms with Crippen LogP contribution in [0.3, 0.4) is 0 Å². The maximum Gasteiger partial charge on any atom is 0.255 e. The van der Waals surface area contributed by atoms with Crippen LogP contribution in [0.2, 0.25) is 0 Å². The summed E-state index contributed by atoms with van der Waals surface area (Å²) in [5.74, 6) is 1.24. The van der Waals surface area contributed by atoms with Crippen molar-refractivity contribution in [2.45, 2.75) is 31.7 Å². The van der Waals surface area contributed by atoms with Crippen molar-refractivity contribution in [2.75, 3.05) is 17.6 Å². The van der Waals surface area contributed by atoms with Crippen LogP contribution < -0.4 is 10.1 Å². The molecule has 1 heterocycles. The van der Waals surface area contributed by atoms with E-state index in [2.05, 4.69) is 17.4 Å². The van der Waals surface area contributed by atoms with Crippen LogP contribution >= 0.6 is 11.8 Å². The number of amides is 2. The molecule has 5 nitrogen and oxygen atoms in total. The van der Waals surface area contributed by atoms with Gasteiger partial charge in [0.15, 0.2) is 0 Å². The summed E-state index contributed by atoms with van der Waals surface area (Å²) in [6.07, 6.45) is 0.928. The van der Waals surface area contributed by atoms with Gasteiger partial charge in [0, 0.05) is 17.8 Å². The molecular weight excluding hydrogens is 432 g/mol. The molecule has 0 spiro atoms. The van der Waals surface area contributed by atoms with Crippen LogP contribution in [0, 0.1) is 0 Å². The molecule has 3 aromatic carbocycles. The number of thioether (sulfide) groups is 1. The normalized spacial score (nSPS) is 15.7. The first-order valence-corrected chi connectivity index (χ1v) is 12.2. The fourth-order valence-corrected chi connectivity index (χ4v) is 4.98. The lowest BCUT2D eigenvalue weighted by molar-refractivity contribution is -0.128.